The fourth-order valence-electron chi connectivity index (χ4n) is 3.26. The molecule has 0 spiro atoms. The van der Waals surface area contributed by atoms with Gasteiger partial charge in [-0.2, -0.15) is 0 Å². The van der Waals surface area contributed by atoms with E-state index >= 15 is 0 Å². The number of aliphatic imine (C=N–C) groups is 1. The molecule has 1 aromatic rings. The number of nitrogens with two attached hydrogens (primary N) is 1. The summed E-state index contributed by atoms with van der Waals surface area (Å²) in [6.07, 6.45) is 1.92. The SMILES string of the molecule is CN=C1C=C(C)NC(N)(c2ccc(OC)c(OCC3CN(C)C3)c2)N1. The minimum Gasteiger partial charge on any atom is -0.493 e. The Morgan fingerprint density at radius 3 is 2.72 bits per heavy atom. The quantitative estimate of drug-likeness (QED) is 0.733. The predicted octanol–water partition coefficient (Wildman–Crippen LogP) is 0.830. The van der Waals surface area contributed by atoms with Crippen molar-refractivity contribution in [1.29, 1.82) is 0 Å². The van der Waals surface area contributed by atoms with Crippen LogP contribution in [0.4, 0.5) is 0 Å². The molecule has 1 saturated heterocycles. The van der Waals surface area contributed by atoms with E-state index in [9.17, 15) is 0 Å². The van der Waals surface area contributed by atoms with Crippen molar-refractivity contribution in [2.75, 3.05) is 40.9 Å². The highest BCUT2D eigenvalue weighted by Gasteiger charge is 2.32. The number of methoxy groups -OCH3 is 1. The van der Waals surface area contributed by atoms with E-state index in [4.69, 9.17) is 15.2 Å². The Hall–Kier alpha value is -2.25. The van der Waals surface area contributed by atoms with Gasteiger partial charge in [-0.25, -0.2) is 0 Å². The first-order valence-corrected chi connectivity index (χ1v) is 8.43. The number of hydrogen-bond donors (Lipinski definition) is 3. The lowest BCUT2D eigenvalue weighted by atomic mass is 10.0. The minimum absolute atomic E-state index is 0.556. The van der Waals surface area contributed by atoms with Crippen LogP contribution in [-0.2, 0) is 5.79 Å². The van der Waals surface area contributed by atoms with Gasteiger partial charge in [0.05, 0.1) is 13.7 Å². The highest BCUT2D eigenvalue weighted by molar-refractivity contribution is 5.94. The van der Waals surface area contributed by atoms with Crippen LogP contribution in [0.25, 0.3) is 0 Å². The molecule has 1 unspecified atom stereocenters. The first-order chi connectivity index (χ1) is 11.9. The van der Waals surface area contributed by atoms with Gasteiger partial charge in [0.25, 0.3) is 0 Å². The number of likely N-dealkylation sites (tertiary alicyclic amines) is 1. The van der Waals surface area contributed by atoms with Crippen molar-refractivity contribution in [3.8, 4) is 11.5 Å². The van der Waals surface area contributed by atoms with Crippen LogP contribution in [-0.4, -0.2) is 51.6 Å². The molecule has 1 fully saturated rings. The summed E-state index contributed by atoms with van der Waals surface area (Å²) in [5.74, 6) is 1.74. The molecule has 25 heavy (non-hydrogen) atoms. The van der Waals surface area contributed by atoms with E-state index in [2.05, 4.69) is 27.6 Å². The number of rotatable bonds is 5. The topological polar surface area (TPSA) is 84.1 Å². The third-order valence-electron chi connectivity index (χ3n) is 4.55. The van der Waals surface area contributed by atoms with E-state index in [0.29, 0.717) is 24.0 Å². The van der Waals surface area contributed by atoms with Crippen molar-refractivity contribution in [3.05, 3.63) is 35.5 Å². The summed E-state index contributed by atoms with van der Waals surface area (Å²) < 4.78 is 11.5. The number of ether oxygens (including phenoxy) is 2. The zero-order valence-corrected chi connectivity index (χ0v) is 15.3. The molecule has 4 N–H and O–H groups in total. The number of nitrogens with one attached hydrogen (secondary N) is 2. The molecular weight excluding hydrogens is 318 g/mol. The molecule has 0 aliphatic carbocycles. The Labute approximate surface area is 148 Å². The monoisotopic (exact) mass is 345 g/mol. The Balaban J connectivity index is 1.82. The van der Waals surface area contributed by atoms with E-state index in [1.54, 1.807) is 14.2 Å². The molecule has 0 radical (unpaired) electrons. The van der Waals surface area contributed by atoms with Crippen LogP contribution in [0.5, 0.6) is 11.5 Å². The van der Waals surface area contributed by atoms with Crippen LogP contribution in [0.1, 0.15) is 12.5 Å². The lowest BCUT2D eigenvalue weighted by Crippen LogP contribution is -2.64. The van der Waals surface area contributed by atoms with E-state index in [1.807, 2.05) is 31.2 Å². The predicted molar refractivity (Wildman–Crippen MR) is 98.7 cm³/mol. The van der Waals surface area contributed by atoms with Crippen molar-refractivity contribution >= 4 is 5.84 Å². The van der Waals surface area contributed by atoms with Gasteiger partial charge < -0.3 is 25.0 Å². The van der Waals surface area contributed by atoms with Gasteiger partial charge in [-0.3, -0.25) is 10.7 Å². The van der Waals surface area contributed by atoms with Gasteiger partial charge >= 0.3 is 0 Å². The fraction of sp³-hybridized carbons (Fsp3) is 0.500. The lowest BCUT2D eigenvalue weighted by molar-refractivity contribution is 0.0844. The Bertz CT molecular complexity index is 697. The van der Waals surface area contributed by atoms with Crippen LogP contribution in [0.2, 0.25) is 0 Å². The van der Waals surface area contributed by atoms with Crippen LogP contribution in [0, 0.1) is 5.92 Å². The summed E-state index contributed by atoms with van der Waals surface area (Å²) in [5, 5.41) is 6.50. The molecule has 0 saturated carbocycles. The van der Waals surface area contributed by atoms with Crippen LogP contribution in [0.15, 0.2) is 35.0 Å². The summed E-state index contributed by atoms with van der Waals surface area (Å²) in [6.45, 7) is 4.75. The molecule has 2 aliphatic rings. The summed E-state index contributed by atoms with van der Waals surface area (Å²) >= 11 is 0. The fourth-order valence-corrected chi connectivity index (χ4v) is 3.26. The van der Waals surface area contributed by atoms with Crippen LogP contribution in [0.3, 0.4) is 0 Å². The summed E-state index contributed by atoms with van der Waals surface area (Å²) in [5.41, 5.74) is 8.35. The Morgan fingerprint density at radius 2 is 2.08 bits per heavy atom. The molecule has 2 heterocycles. The molecule has 1 atom stereocenters. The number of allylic oxidation sites excluding steroid dienone is 1. The van der Waals surface area contributed by atoms with Crippen molar-refractivity contribution < 1.29 is 9.47 Å². The van der Waals surface area contributed by atoms with Crippen molar-refractivity contribution in [1.82, 2.24) is 15.5 Å². The molecule has 7 heteroatoms. The zero-order valence-electron chi connectivity index (χ0n) is 15.3. The number of amidine groups is 1. The summed E-state index contributed by atoms with van der Waals surface area (Å²) in [7, 11) is 5.48. The summed E-state index contributed by atoms with van der Waals surface area (Å²) in [4.78, 5) is 6.48. The van der Waals surface area contributed by atoms with E-state index in [-0.39, 0.29) is 0 Å². The first kappa shape index (κ1) is 17.6. The summed E-state index contributed by atoms with van der Waals surface area (Å²) in [6, 6.07) is 5.73. The van der Waals surface area contributed by atoms with Crippen molar-refractivity contribution in [2.45, 2.75) is 12.7 Å². The minimum atomic E-state index is -0.950. The van der Waals surface area contributed by atoms with Gasteiger partial charge in [0.1, 0.15) is 5.84 Å². The molecule has 136 valence electrons. The standard InChI is InChI=1S/C18H27N5O2/c1-12-7-17(20-2)22-18(19,21-12)14-5-6-15(24-4)16(8-14)25-11-13-9-23(3)10-13/h5-8,13,21H,9-11,19H2,1-4H3,(H,20,22). The molecule has 3 rings (SSSR count). The van der Waals surface area contributed by atoms with Crippen LogP contribution < -0.4 is 25.8 Å². The Morgan fingerprint density at radius 1 is 1.32 bits per heavy atom. The van der Waals surface area contributed by atoms with Crippen molar-refractivity contribution in [3.63, 3.8) is 0 Å². The average molecular weight is 345 g/mol. The normalized spacial score (nSPS) is 25.6. The Kier molecular flexibility index (Phi) is 4.87. The van der Waals surface area contributed by atoms with Gasteiger partial charge in [0, 0.05) is 37.3 Å². The van der Waals surface area contributed by atoms with Crippen molar-refractivity contribution in [2.24, 2.45) is 16.6 Å². The van der Waals surface area contributed by atoms with Gasteiger partial charge in [0.2, 0.25) is 0 Å². The van der Waals surface area contributed by atoms with Gasteiger partial charge in [0.15, 0.2) is 17.3 Å². The van der Waals surface area contributed by atoms with Crippen LogP contribution >= 0.6 is 0 Å². The van der Waals surface area contributed by atoms with Gasteiger partial charge in [-0.15, -0.1) is 0 Å². The zero-order chi connectivity index (χ0) is 18.0. The smallest absolute Gasteiger partial charge is 0.190 e. The molecule has 0 amide bonds. The molecule has 0 bridgehead atoms. The first-order valence-electron chi connectivity index (χ1n) is 8.43. The second-order valence-electron chi connectivity index (χ2n) is 6.76. The maximum Gasteiger partial charge on any atom is 0.190 e. The second kappa shape index (κ2) is 6.93. The maximum atomic E-state index is 6.56. The third kappa shape index (κ3) is 3.72. The molecule has 7 nitrogen and oxygen atoms in total. The molecule has 0 aromatic heterocycles. The highest BCUT2D eigenvalue weighted by atomic mass is 16.5. The highest BCUT2D eigenvalue weighted by Crippen LogP contribution is 2.32. The molecule has 1 aromatic carbocycles. The van der Waals surface area contributed by atoms with E-state index in [1.165, 1.54) is 0 Å². The van der Waals surface area contributed by atoms with E-state index in [0.717, 1.165) is 30.2 Å². The third-order valence-corrected chi connectivity index (χ3v) is 4.55. The molecular formula is C18H27N5O2. The average Bonchev–Trinajstić information content (AvgIpc) is 2.56. The number of benzene rings is 1. The maximum absolute atomic E-state index is 6.56. The largest absolute Gasteiger partial charge is 0.493 e. The second-order valence-corrected chi connectivity index (χ2v) is 6.76. The van der Waals surface area contributed by atoms with E-state index < -0.39 is 5.79 Å². The number of hydrogen-bond acceptors (Lipinski definition) is 6. The number of nitrogens with zero attached hydrogens (tertiary/aromatic N) is 2. The lowest BCUT2D eigenvalue weighted by Gasteiger charge is -2.38. The molecule has 2 aliphatic heterocycles. The van der Waals surface area contributed by atoms with Gasteiger partial charge in [-0.05, 0) is 38.2 Å². The van der Waals surface area contributed by atoms with Gasteiger partial charge in [-0.1, -0.05) is 0 Å².